The molecular formula is C22H30N2O3S. The zero-order valence-electron chi connectivity index (χ0n) is 17.3. The lowest BCUT2D eigenvalue weighted by atomic mass is 9.83. The molecule has 0 fully saturated rings. The Morgan fingerprint density at radius 1 is 1.29 bits per heavy atom. The molecule has 0 bridgehead atoms. The van der Waals surface area contributed by atoms with Gasteiger partial charge < -0.3 is 14.8 Å². The van der Waals surface area contributed by atoms with E-state index < -0.39 is 0 Å². The first kappa shape index (κ1) is 20.7. The van der Waals surface area contributed by atoms with E-state index in [0.717, 1.165) is 35.9 Å². The summed E-state index contributed by atoms with van der Waals surface area (Å²) in [5.41, 5.74) is 2.49. The Morgan fingerprint density at radius 2 is 2.00 bits per heavy atom. The number of hydrogen-bond acceptors (Lipinski definition) is 5. The van der Waals surface area contributed by atoms with Gasteiger partial charge in [-0.1, -0.05) is 26.8 Å². The number of likely N-dealkylation sites (N-methyl/N-ethyl adjacent to an activating group) is 1. The predicted octanol–water partition coefficient (Wildman–Crippen LogP) is 4.14. The van der Waals surface area contributed by atoms with Crippen LogP contribution in [0, 0.1) is 5.92 Å². The van der Waals surface area contributed by atoms with Gasteiger partial charge in [0.15, 0.2) is 11.5 Å². The maximum absolute atomic E-state index is 12.8. The SMILES string of the molecule is CCN1CCc2cc(OC)c(OC)cc2C1C(NC(=O)c1cccs1)C(C)C. The molecule has 152 valence electrons. The lowest BCUT2D eigenvalue weighted by Crippen LogP contribution is -2.51. The van der Waals surface area contributed by atoms with Crippen LogP contribution < -0.4 is 14.8 Å². The number of thiophene rings is 1. The molecule has 0 spiro atoms. The fourth-order valence-corrected chi connectivity index (χ4v) is 4.67. The number of rotatable bonds is 7. The number of amides is 1. The van der Waals surface area contributed by atoms with Crippen LogP contribution in [0.15, 0.2) is 29.6 Å². The van der Waals surface area contributed by atoms with Gasteiger partial charge in [-0.2, -0.15) is 0 Å². The molecule has 0 saturated carbocycles. The van der Waals surface area contributed by atoms with Crippen molar-refractivity contribution in [2.24, 2.45) is 5.92 Å². The van der Waals surface area contributed by atoms with Crippen molar-refractivity contribution in [3.63, 3.8) is 0 Å². The number of nitrogens with one attached hydrogen (secondary N) is 1. The molecule has 2 heterocycles. The zero-order valence-corrected chi connectivity index (χ0v) is 18.1. The summed E-state index contributed by atoms with van der Waals surface area (Å²) in [5, 5.41) is 5.25. The van der Waals surface area contributed by atoms with Gasteiger partial charge in [-0.25, -0.2) is 0 Å². The van der Waals surface area contributed by atoms with Crippen LogP contribution in [0.1, 0.15) is 47.6 Å². The standard InChI is InChI=1S/C22H30N2O3S/c1-6-24-10-9-15-12-17(26-4)18(27-5)13-16(15)21(24)20(14(2)3)23-22(25)19-8-7-11-28-19/h7-8,11-14,20-21H,6,9-10H2,1-5H3,(H,23,25). The monoisotopic (exact) mass is 402 g/mol. The lowest BCUT2D eigenvalue weighted by Gasteiger charge is -2.43. The Kier molecular flexibility index (Phi) is 6.62. The summed E-state index contributed by atoms with van der Waals surface area (Å²) in [7, 11) is 3.33. The third-order valence-corrected chi connectivity index (χ3v) is 6.40. The summed E-state index contributed by atoms with van der Waals surface area (Å²) in [6, 6.07) is 8.05. The number of benzene rings is 1. The maximum Gasteiger partial charge on any atom is 0.261 e. The second-order valence-electron chi connectivity index (χ2n) is 7.45. The van der Waals surface area contributed by atoms with E-state index in [1.807, 2.05) is 17.5 Å². The highest BCUT2D eigenvalue weighted by Gasteiger charge is 2.36. The summed E-state index contributed by atoms with van der Waals surface area (Å²) in [6.45, 7) is 8.40. The van der Waals surface area contributed by atoms with Gasteiger partial charge in [0.2, 0.25) is 0 Å². The average molecular weight is 403 g/mol. The number of fused-ring (bicyclic) bond motifs is 1. The molecule has 2 aromatic rings. The molecule has 6 heteroatoms. The van der Waals surface area contributed by atoms with Crippen LogP contribution in [0.3, 0.4) is 0 Å². The molecule has 1 aliphatic rings. The molecule has 1 amide bonds. The average Bonchev–Trinajstić information content (AvgIpc) is 3.24. The number of carbonyl (C=O) groups excluding carboxylic acids is 1. The Bertz CT molecular complexity index is 804. The van der Waals surface area contributed by atoms with E-state index in [1.165, 1.54) is 22.5 Å². The van der Waals surface area contributed by atoms with Gasteiger partial charge in [0.1, 0.15) is 0 Å². The molecule has 2 atom stereocenters. The molecule has 1 N–H and O–H groups in total. The molecule has 1 aromatic carbocycles. The fraction of sp³-hybridized carbons (Fsp3) is 0.500. The van der Waals surface area contributed by atoms with Crippen molar-refractivity contribution in [1.82, 2.24) is 10.2 Å². The second-order valence-corrected chi connectivity index (χ2v) is 8.40. The van der Waals surface area contributed by atoms with Crippen molar-refractivity contribution in [1.29, 1.82) is 0 Å². The van der Waals surface area contributed by atoms with Crippen LogP contribution in [0.2, 0.25) is 0 Å². The second kappa shape index (κ2) is 8.97. The normalized spacial score (nSPS) is 17.9. The molecule has 3 rings (SSSR count). The highest BCUT2D eigenvalue weighted by molar-refractivity contribution is 7.12. The first-order valence-electron chi connectivity index (χ1n) is 9.83. The molecular weight excluding hydrogens is 372 g/mol. The van der Waals surface area contributed by atoms with Crippen LogP contribution in [-0.4, -0.2) is 44.2 Å². The highest BCUT2D eigenvalue weighted by Crippen LogP contribution is 2.40. The Hall–Kier alpha value is -2.05. The van der Waals surface area contributed by atoms with Gasteiger partial charge in [0.05, 0.1) is 31.2 Å². The quantitative estimate of drug-likeness (QED) is 0.756. The van der Waals surface area contributed by atoms with E-state index in [2.05, 4.69) is 43.1 Å². The van der Waals surface area contributed by atoms with Crippen LogP contribution >= 0.6 is 11.3 Å². The van der Waals surface area contributed by atoms with E-state index in [1.54, 1.807) is 14.2 Å². The van der Waals surface area contributed by atoms with Gasteiger partial charge in [-0.05, 0) is 53.6 Å². The van der Waals surface area contributed by atoms with E-state index in [4.69, 9.17) is 9.47 Å². The van der Waals surface area contributed by atoms with Gasteiger partial charge in [-0.3, -0.25) is 9.69 Å². The number of hydrogen-bond donors (Lipinski definition) is 1. The van der Waals surface area contributed by atoms with E-state index in [9.17, 15) is 4.79 Å². The Balaban J connectivity index is 2.02. The molecule has 5 nitrogen and oxygen atoms in total. The summed E-state index contributed by atoms with van der Waals surface area (Å²) in [4.78, 5) is 16.0. The van der Waals surface area contributed by atoms with Crippen LogP contribution in [0.4, 0.5) is 0 Å². The molecule has 1 aliphatic heterocycles. The minimum atomic E-state index is -0.00768. The van der Waals surface area contributed by atoms with E-state index in [0.29, 0.717) is 0 Å². The highest BCUT2D eigenvalue weighted by atomic mass is 32.1. The number of ether oxygens (including phenoxy) is 2. The van der Waals surface area contributed by atoms with Gasteiger partial charge in [0.25, 0.3) is 5.91 Å². The molecule has 0 radical (unpaired) electrons. The van der Waals surface area contributed by atoms with E-state index in [-0.39, 0.29) is 23.9 Å². The molecule has 0 aliphatic carbocycles. The summed E-state index contributed by atoms with van der Waals surface area (Å²) >= 11 is 1.47. The minimum absolute atomic E-state index is 0.00245. The maximum atomic E-state index is 12.8. The predicted molar refractivity (Wildman–Crippen MR) is 114 cm³/mol. The van der Waals surface area contributed by atoms with Crippen molar-refractivity contribution in [3.8, 4) is 11.5 Å². The van der Waals surface area contributed by atoms with Crippen molar-refractivity contribution in [2.75, 3.05) is 27.3 Å². The number of methoxy groups -OCH3 is 2. The lowest BCUT2D eigenvalue weighted by molar-refractivity contribution is 0.0838. The topological polar surface area (TPSA) is 50.8 Å². The van der Waals surface area contributed by atoms with Gasteiger partial charge >= 0.3 is 0 Å². The number of carbonyl (C=O) groups is 1. The van der Waals surface area contributed by atoms with Crippen LogP contribution in [-0.2, 0) is 6.42 Å². The molecule has 0 saturated heterocycles. The minimum Gasteiger partial charge on any atom is -0.493 e. The van der Waals surface area contributed by atoms with Crippen molar-refractivity contribution < 1.29 is 14.3 Å². The first-order chi connectivity index (χ1) is 13.5. The zero-order chi connectivity index (χ0) is 20.3. The third kappa shape index (κ3) is 4.03. The van der Waals surface area contributed by atoms with E-state index >= 15 is 0 Å². The molecule has 1 aromatic heterocycles. The van der Waals surface area contributed by atoms with Gasteiger partial charge in [-0.15, -0.1) is 11.3 Å². The van der Waals surface area contributed by atoms with Crippen LogP contribution in [0.5, 0.6) is 11.5 Å². The third-order valence-electron chi connectivity index (χ3n) is 5.53. The Labute approximate surface area is 171 Å². The van der Waals surface area contributed by atoms with Crippen molar-refractivity contribution in [3.05, 3.63) is 45.6 Å². The largest absolute Gasteiger partial charge is 0.493 e. The molecule has 2 unspecified atom stereocenters. The molecule has 28 heavy (non-hydrogen) atoms. The summed E-state index contributed by atoms with van der Waals surface area (Å²) in [6.07, 6.45) is 0.962. The summed E-state index contributed by atoms with van der Waals surface area (Å²) in [5.74, 6) is 1.77. The Morgan fingerprint density at radius 3 is 2.57 bits per heavy atom. The van der Waals surface area contributed by atoms with Gasteiger partial charge in [0, 0.05) is 6.54 Å². The van der Waals surface area contributed by atoms with Crippen molar-refractivity contribution in [2.45, 2.75) is 39.3 Å². The smallest absolute Gasteiger partial charge is 0.261 e. The number of nitrogens with zero attached hydrogens (tertiary/aromatic N) is 1. The first-order valence-corrected chi connectivity index (χ1v) is 10.7. The van der Waals surface area contributed by atoms with Crippen molar-refractivity contribution >= 4 is 17.2 Å². The van der Waals surface area contributed by atoms with Crippen LogP contribution in [0.25, 0.3) is 0 Å². The summed E-state index contributed by atoms with van der Waals surface area (Å²) < 4.78 is 11.1. The fourth-order valence-electron chi connectivity index (χ4n) is 4.04.